The van der Waals surface area contributed by atoms with Crippen LogP contribution in [0.4, 0.5) is 39.8 Å². The van der Waals surface area contributed by atoms with Gasteiger partial charge in [-0.1, -0.05) is 82.9 Å². The molecular formula is C54H66CoN11O8+. The molecule has 0 bridgehead atoms. The summed E-state index contributed by atoms with van der Waals surface area (Å²) in [5.41, 5.74) is 12.7. The van der Waals surface area contributed by atoms with Crippen molar-refractivity contribution in [3.05, 3.63) is 144 Å². The Labute approximate surface area is 441 Å². The maximum atomic E-state index is 10.7. The molecule has 74 heavy (non-hydrogen) atoms. The van der Waals surface area contributed by atoms with Gasteiger partial charge in [-0.2, -0.15) is 14.8 Å². The summed E-state index contributed by atoms with van der Waals surface area (Å²) < 4.78 is 5.08. The minimum atomic E-state index is -0.595. The van der Waals surface area contributed by atoms with Crippen LogP contribution in [-0.2, 0) is 54.5 Å². The number of phenolic OH excluding ortho intramolecular Hbond substituents is 2. The summed E-state index contributed by atoms with van der Waals surface area (Å²) >= 11 is 0. The van der Waals surface area contributed by atoms with E-state index in [9.17, 15) is 40.7 Å². The third-order valence-corrected chi connectivity index (χ3v) is 13.4. The Morgan fingerprint density at radius 2 is 1.12 bits per heavy atom. The summed E-state index contributed by atoms with van der Waals surface area (Å²) in [7, 11) is 3.14. The fraction of sp³-hybridized carbons (Fsp3) is 0.389. The second-order valence-corrected chi connectivity index (χ2v) is 19.3. The average Bonchev–Trinajstić information content (AvgIpc) is 3.93. The van der Waals surface area contributed by atoms with Gasteiger partial charge in [0, 0.05) is 84.2 Å². The first kappa shape index (κ1) is 57.3. The molecule has 19 nitrogen and oxygen atoms in total. The van der Waals surface area contributed by atoms with Gasteiger partial charge in [0.1, 0.15) is 29.4 Å². The molecule has 20 heteroatoms. The molecule has 4 N–H and O–H groups in total. The number of allylic oxidation sites excluding steroid dienone is 2. The summed E-state index contributed by atoms with van der Waals surface area (Å²) in [5, 5.41) is 84.3. The normalized spacial score (nSPS) is 15.6. The summed E-state index contributed by atoms with van der Waals surface area (Å²) in [5.74, 6) is -0.285. The van der Waals surface area contributed by atoms with E-state index in [2.05, 4.69) is 133 Å². The van der Waals surface area contributed by atoms with Gasteiger partial charge in [0.15, 0.2) is 17.1 Å². The van der Waals surface area contributed by atoms with Gasteiger partial charge in [-0.05, 0) is 88.8 Å². The topological polar surface area (TPSA) is 255 Å². The van der Waals surface area contributed by atoms with E-state index in [1.54, 1.807) is 19.7 Å². The maximum absolute atomic E-state index is 10.7. The number of aromatic nitrogens is 4. The Balaban J connectivity index is 0.000000207. The Morgan fingerprint density at radius 1 is 0.662 bits per heavy atom. The van der Waals surface area contributed by atoms with Crippen LogP contribution in [0.5, 0.6) is 23.3 Å². The van der Waals surface area contributed by atoms with Crippen LogP contribution in [0.15, 0.2) is 105 Å². The van der Waals surface area contributed by atoms with Crippen molar-refractivity contribution in [1.82, 2.24) is 19.6 Å². The SMILES string of the molecule is CCC1/C(=C\C2=[N+](CC)c3ccc(C)cc3C2(C)C)C(C)(C)c2cc(C)ccc21.CCCc1nn(C)c(O)c1N=Nc1cc([N+](=O)[O-])ccc1O.CCCc1nn(C)c(O)c1N=Nc1cc([N+](=O)[O-])ccc1O.[Co]. The number of azo groups is 2. The molecule has 8 rings (SSSR count). The molecular weight excluding hydrogens is 990 g/mol. The number of fused-ring (bicyclic) bond motifs is 2. The van der Waals surface area contributed by atoms with Gasteiger partial charge in [-0.15, -0.1) is 20.5 Å². The predicted molar refractivity (Wildman–Crippen MR) is 281 cm³/mol. The molecule has 0 spiro atoms. The van der Waals surface area contributed by atoms with Crippen LogP contribution in [0.2, 0.25) is 0 Å². The Morgan fingerprint density at radius 3 is 1.55 bits per heavy atom. The third kappa shape index (κ3) is 11.8. The Bertz CT molecular complexity index is 3080. The van der Waals surface area contributed by atoms with E-state index in [-0.39, 0.29) is 85.0 Å². The number of aromatic hydroxyl groups is 4. The van der Waals surface area contributed by atoms with Gasteiger partial charge in [-0.25, -0.2) is 9.36 Å². The van der Waals surface area contributed by atoms with Crippen LogP contribution in [0.3, 0.4) is 0 Å². The zero-order valence-corrected chi connectivity index (χ0v) is 45.0. The second kappa shape index (κ2) is 23.5. The molecule has 1 atom stereocenters. The first-order chi connectivity index (χ1) is 34.5. The van der Waals surface area contributed by atoms with Crippen molar-refractivity contribution in [2.45, 2.75) is 118 Å². The van der Waals surface area contributed by atoms with Crippen molar-refractivity contribution < 1.29 is 51.6 Å². The molecule has 0 saturated carbocycles. The van der Waals surface area contributed by atoms with Crippen molar-refractivity contribution in [1.29, 1.82) is 0 Å². The van der Waals surface area contributed by atoms with Crippen LogP contribution in [-0.4, -0.2) is 66.7 Å². The quantitative estimate of drug-likeness (QED) is 0.0368. The monoisotopic (exact) mass is 1060 g/mol. The fourth-order valence-electron chi connectivity index (χ4n) is 9.48. The zero-order chi connectivity index (χ0) is 53.7. The molecule has 4 aromatic carbocycles. The summed E-state index contributed by atoms with van der Waals surface area (Å²) in [6.45, 7) is 23.6. The van der Waals surface area contributed by atoms with Crippen LogP contribution >= 0.6 is 0 Å². The van der Waals surface area contributed by atoms with Gasteiger partial charge in [0.05, 0.1) is 26.6 Å². The number of hydrogen-bond donors (Lipinski definition) is 4. The van der Waals surface area contributed by atoms with E-state index in [1.165, 1.54) is 72.8 Å². The average molecular weight is 1060 g/mol. The molecule has 2 aliphatic rings. The molecule has 1 unspecified atom stereocenters. The number of hydrogen-bond acceptors (Lipinski definition) is 14. The van der Waals surface area contributed by atoms with Crippen molar-refractivity contribution >= 4 is 45.5 Å². The molecule has 0 amide bonds. The first-order valence-electron chi connectivity index (χ1n) is 24.4. The summed E-state index contributed by atoms with van der Waals surface area (Å²) in [6.07, 6.45) is 6.54. The van der Waals surface area contributed by atoms with Gasteiger partial charge in [0.25, 0.3) is 11.4 Å². The number of nitrogens with zero attached hydrogens (tertiary/aromatic N) is 11. The molecule has 0 saturated heterocycles. The Hall–Kier alpha value is -7.58. The molecule has 0 fully saturated rings. The number of nitro groups is 2. The van der Waals surface area contributed by atoms with Gasteiger partial charge < -0.3 is 20.4 Å². The van der Waals surface area contributed by atoms with Crippen LogP contribution < -0.4 is 0 Å². The van der Waals surface area contributed by atoms with E-state index in [4.69, 9.17) is 0 Å². The first-order valence-corrected chi connectivity index (χ1v) is 24.4. The minimum Gasteiger partial charge on any atom is -0.506 e. The van der Waals surface area contributed by atoms with Gasteiger partial charge >= 0.3 is 0 Å². The van der Waals surface area contributed by atoms with Gasteiger partial charge in [0.2, 0.25) is 17.4 Å². The molecule has 393 valence electrons. The van der Waals surface area contributed by atoms with Gasteiger partial charge in [-0.3, -0.25) is 20.2 Å². The zero-order valence-electron chi connectivity index (χ0n) is 44.0. The number of phenols is 2. The second-order valence-electron chi connectivity index (χ2n) is 19.3. The van der Waals surface area contributed by atoms with Crippen molar-refractivity contribution in [3.8, 4) is 23.3 Å². The number of nitro benzene ring substituents is 2. The van der Waals surface area contributed by atoms with E-state index in [0.29, 0.717) is 30.1 Å². The van der Waals surface area contributed by atoms with Crippen LogP contribution in [0, 0.1) is 34.1 Å². The maximum Gasteiger partial charge on any atom is 0.271 e. The smallest absolute Gasteiger partial charge is 0.271 e. The molecule has 2 aromatic heterocycles. The summed E-state index contributed by atoms with van der Waals surface area (Å²) in [4.78, 5) is 20.3. The number of benzene rings is 4. The van der Waals surface area contributed by atoms with Crippen molar-refractivity contribution in [3.63, 3.8) is 0 Å². The number of non-ortho nitro benzene ring substituents is 2. The number of aryl methyl sites for hydroxylation is 6. The predicted octanol–water partition coefficient (Wildman–Crippen LogP) is 13.3. The molecule has 3 heterocycles. The van der Waals surface area contributed by atoms with Crippen LogP contribution in [0.25, 0.3) is 0 Å². The van der Waals surface area contributed by atoms with Crippen molar-refractivity contribution in [2.75, 3.05) is 6.54 Å². The number of rotatable bonds is 13. The molecule has 1 aliphatic carbocycles. The van der Waals surface area contributed by atoms with E-state index >= 15 is 0 Å². The molecule has 6 aromatic rings. The molecule has 1 aliphatic heterocycles. The third-order valence-electron chi connectivity index (χ3n) is 13.4. The van der Waals surface area contributed by atoms with E-state index in [1.807, 2.05) is 13.8 Å². The largest absolute Gasteiger partial charge is 0.506 e. The molecule has 1 radical (unpaired) electrons. The standard InChI is InChI=1S/C28H36N.2C13H15N5O4.Co/c1-9-20-21-13-11-18(3)15-22(21)27(5,6)23(20)17-26-28(7,8)24-16-19(4)12-14-25(24)29(26)10-2;2*1-3-4-9-12(13(20)17(2)16-9)15-14-10-7-8(18(21)22)5-6-11(10)19;/h11-17,20H,9-10H2,1-8H3;2*5-7,19-20H,3-4H2,1-2H3;/q+1;;;/b23-17+;;;. The van der Waals surface area contributed by atoms with Crippen LogP contribution in [0.1, 0.15) is 120 Å². The van der Waals surface area contributed by atoms with Crippen molar-refractivity contribution in [2.24, 2.45) is 34.6 Å². The Kier molecular flexibility index (Phi) is 18.2. The van der Waals surface area contributed by atoms with E-state index in [0.717, 1.165) is 37.9 Å². The minimum absolute atomic E-state index is 0. The fourth-order valence-corrected chi connectivity index (χ4v) is 9.48. The summed E-state index contributed by atoms with van der Waals surface area (Å²) in [6, 6.07) is 20.9. The van der Waals surface area contributed by atoms with E-state index < -0.39 is 9.85 Å².